The monoisotopic (exact) mass is 295 g/mol. The molecule has 0 atom stereocenters. The van der Waals surface area contributed by atoms with Crippen LogP contribution in [-0.2, 0) is 0 Å². The predicted octanol–water partition coefficient (Wildman–Crippen LogP) is 3.74. The molecule has 0 spiro atoms. The van der Waals surface area contributed by atoms with Gasteiger partial charge in [0.1, 0.15) is 17.3 Å². The number of fused-ring (bicyclic) bond motifs is 1. The van der Waals surface area contributed by atoms with Gasteiger partial charge in [-0.25, -0.2) is 0 Å². The van der Waals surface area contributed by atoms with Gasteiger partial charge in [0.15, 0.2) is 0 Å². The summed E-state index contributed by atoms with van der Waals surface area (Å²) in [6, 6.07) is 8.21. The molecule has 1 aromatic heterocycles. The molecule has 1 aliphatic rings. The van der Waals surface area contributed by atoms with Gasteiger partial charge >= 0.3 is 0 Å². The first kappa shape index (κ1) is 14.6. The van der Waals surface area contributed by atoms with Crippen molar-refractivity contribution in [1.82, 2.24) is 4.98 Å². The molecule has 0 bridgehead atoms. The SMILES string of the molecule is CCC1CCN(c2c(C#N)cnc3c(OC)cccc23)CC1. The molecule has 1 aromatic carbocycles. The second-order valence-corrected chi connectivity index (χ2v) is 5.83. The zero-order chi connectivity index (χ0) is 15.5. The van der Waals surface area contributed by atoms with Gasteiger partial charge in [0.25, 0.3) is 0 Å². The lowest BCUT2D eigenvalue weighted by molar-refractivity contribution is 0.395. The summed E-state index contributed by atoms with van der Waals surface area (Å²) in [5.74, 6) is 1.57. The van der Waals surface area contributed by atoms with Gasteiger partial charge in [-0.05, 0) is 24.8 Å². The van der Waals surface area contributed by atoms with Crippen molar-refractivity contribution in [2.45, 2.75) is 26.2 Å². The smallest absolute Gasteiger partial charge is 0.145 e. The van der Waals surface area contributed by atoms with Crippen LogP contribution in [0.15, 0.2) is 24.4 Å². The van der Waals surface area contributed by atoms with E-state index in [1.807, 2.05) is 18.2 Å². The number of para-hydroxylation sites is 1. The Hall–Kier alpha value is -2.28. The molecule has 0 unspecified atom stereocenters. The van der Waals surface area contributed by atoms with E-state index < -0.39 is 0 Å². The predicted molar refractivity (Wildman–Crippen MR) is 88.2 cm³/mol. The van der Waals surface area contributed by atoms with Crippen LogP contribution in [0.4, 0.5) is 5.69 Å². The van der Waals surface area contributed by atoms with Crippen molar-refractivity contribution in [3.8, 4) is 11.8 Å². The summed E-state index contributed by atoms with van der Waals surface area (Å²) in [7, 11) is 1.65. The van der Waals surface area contributed by atoms with Crippen molar-refractivity contribution in [1.29, 1.82) is 5.26 Å². The van der Waals surface area contributed by atoms with E-state index >= 15 is 0 Å². The van der Waals surface area contributed by atoms with Gasteiger partial charge in [-0.2, -0.15) is 5.26 Å². The van der Waals surface area contributed by atoms with Crippen LogP contribution in [-0.4, -0.2) is 25.2 Å². The van der Waals surface area contributed by atoms with Crippen LogP contribution in [0.2, 0.25) is 0 Å². The molecule has 4 nitrogen and oxygen atoms in total. The fourth-order valence-electron chi connectivity index (χ4n) is 3.33. The van der Waals surface area contributed by atoms with Gasteiger partial charge in [0, 0.05) is 24.7 Å². The molecule has 1 fully saturated rings. The summed E-state index contributed by atoms with van der Waals surface area (Å²) in [6.45, 7) is 4.26. The Bertz CT molecular complexity index is 712. The first-order valence-corrected chi connectivity index (χ1v) is 7.89. The number of nitrogens with zero attached hydrogens (tertiary/aromatic N) is 3. The number of piperidine rings is 1. The van der Waals surface area contributed by atoms with Gasteiger partial charge in [0.05, 0.1) is 18.4 Å². The molecule has 22 heavy (non-hydrogen) atoms. The number of ether oxygens (including phenoxy) is 1. The van der Waals surface area contributed by atoms with Crippen LogP contribution < -0.4 is 9.64 Å². The number of rotatable bonds is 3. The van der Waals surface area contributed by atoms with Gasteiger partial charge in [-0.3, -0.25) is 4.98 Å². The molecule has 2 heterocycles. The highest BCUT2D eigenvalue weighted by Crippen LogP contribution is 2.35. The molecule has 114 valence electrons. The summed E-state index contributed by atoms with van der Waals surface area (Å²) in [5, 5.41) is 10.5. The Labute approximate surface area is 131 Å². The van der Waals surface area contributed by atoms with Crippen LogP contribution >= 0.6 is 0 Å². The minimum atomic E-state index is 0.649. The molecule has 4 heteroatoms. The third-order valence-electron chi connectivity index (χ3n) is 4.68. The Morgan fingerprint density at radius 1 is 1.36 bits per heavy atom. The molecule has 0 radical (unpaired) electrons. The van der Waals surface area contributed by atoms with Crippen LogP contribution in [0.1, 0.15) is 31.7 Å². The molecule has 2 aromatic rings. The minimum Gasteiger partial charge on any atom is -0.494 e. The highest BCUT2D eigenvalue weighted by atomic mass is 16.5. The molecule has 3 rings (SSSR count). The van der Waals surface area contributed by atoms with Crippen LogP contribution in [0.5, 0.6) is 5.75 Å². The number of nitriles is 1. The molecule has 0 aliphatic carbocycles. The summed E-state index contributed by atoms with van der Waals surface area (Å²) in [5.41, 5.74) is 2.49. The summed E-state index contributed by atoms with van der Waals surface area (Å²) in [6.07, 6.45) is 5.29. The number of benzene rings is 1. The second kappa shape index (κ2) is 6.23. The van der Waals surface area contributed by atoms with E-state index in [1.54, 1.807) is 13.3 Å². The summed E-state index contributed by atoms with van der Waals surface area (Å²) >= 11 is 0. The summed E-state index contributed by atoms with van der Waals surface area (Å²) in [4.78, 5) is 6.78. The Balaban J connectivity index is 2.09. The fraction of sp³-hybridized carbons (Fsp3) is 0.444. The minimum absolute atomic E-state index is 0.649. The zero-order valence-electron chi connectivity index (χ0n) is 13.2. The van der Waals surface area contributed by atoms with Gasteiger partial charge in [-0.15, -0.1) is 0 Å². The van der Waals surface area contributed by atoms with Crippen molar-refractivity contribution >= 4 is 16.6 Å². The first-order chi connectivity index (χ1) is 10.8. The quantitative estimate of drug-likeness (QED) is 0.865. The highest BCUT2D eigenvalue weighted by Gasteiger charge is 2.22. The van der Waals surface area contributed by atoms with Crippen LogP contribution in [0.3, 0.4) is 0 Å². The van der Waals surface area contributed by atoms with Gasteiger partial charge < -0.3 is 9.64 Å². The number of methoxy groups -OCH3 is 1. The van der Waals surface area contributed by atoms with E-state index in [9.17, 15) is 5.26 Å². The maximum atomic E-state index is 9.49. The van der Waals surface area contributed by atoms with Crippen molar-refractivity contribution in [3.05, 3.63) is 30.0 Å². The Morgan fingerprint density at radius 2 is 2.14 bits per heavy atom. The summed E-state index contributed by atoms with van der Waals surface area (Å²) < 4.78 is 5.41. The Kier molecular flexibility index (Phi) is 4.15. The van der Waals surface area contributed by atoms with E-state index in [0.29, 0.717) is 5.56 Å². The van der Waals surface area contributed by atoms with E-state index in [4.69, 9.17) is 4.74 Å². The molecule has 0 N–H and O–H groups in total. The maximum absolute atomic E-state index is 9.49. The average molecular weight is 295 g/mol. The lowest BCUT2D eigenvalue weighted by atomic mass is 9.93. The number of hydrogen-bond acceptors (Lipinski definition) is 4. The zero-order valence-corrected chi connectivity index (χ0v) is 13.2. The van der Waals surface area contributed by atoms with E-state index in [-0.39, 0.29) is 0 Å². The molecule has 1 saturated heterocycles. The van der Waals surface area contributed by atoms with Crippen LogP contribution in [0, 0.1) is 17.2 Å². The third-order valence-corrected chi connectivity index (χ3v) is 4.68. The number of hydrogen-bond donors (Lipinski definition) is 0. The Morgan fingerprint density at radius 3 is 2.77 bits per heavy atom. The van der Waals surface area contributed by atoms with Crippen molar-refractivity contribution in [2.24, 2.45) is 5.92 Å². The largest absolute Gasteiger partial charge is 0.494 e. The van der Waals surface area contributed by atoms with E-state index in [2.05, 4.69) is 22.9 Å². The number of aromatic nitrogens is 1. The highest BCUT2D eigenvalue weighted by molar-refractivity contribution is 5.97. The van der Waals surface area contributed by atoms with Crippen LogP contribution in [0.25, 0.3) is 10.9 Å². The number of pyridine rings is 1. The topological polar surface area (TPSA) is 49.2 Å². The second-order valence-electron chi connectivity index (χ2n) is 5.83. The molecular formula is C18H21N3O. The first-order valence-electron chi connectivity index (χ1n) is 7.89. The fourth-order valence-corrected chi connectivity index (χ4v) is 3.33. The molecule has 0 amide bonds. The lowest BCUT2D eigenvalue weighted by Crippen LogP contribution is -2.34. The van der Waals surface area contributed by atoms with E-state index in [0.717, 1.165) is 41.3 Å². The lowest BCUT2D eigenvalue weighted by Gasteiger charge is -2.34. The number of anilines is 1. The molecular weight excluding hydrogens is 274 g/mol. The van der Waals surface area contributed by atoms with Crippen molar-refractivity contribution in [3.63, 3.8) is 0 Å². The normalized spacial score (nSPS) is 15.8. The van der Waals surface area contributed by atoms with Gasteiger partial charge in [-0.1, -0.05) is 25.5 Å². The standard InChI is InChI=1S/C18H21N3O/c1-3-13-7-9-21(10-8-13)18-14(11-19)12-20-17-15(18)5-4-6-16(17)22-2/h4-6,12-13H,3,7-10H2,1-2H3. The molecule has 0 saturated carbocycles. The average Bonchev–Trinajstić information content (AvgIpc) is 2.60. The van der Waals surface area contributed by atoms with Gasteiger partial charge in [0.2, 0.25) is 0 Å². The third kappa shape index (κ3) is 2.48. The van der Waals surface area contributed by atoms with Crippen molar-refractivity contribution in [2.75, 3.05) is 25.1 Å². The maximum Gasteiger partial charge on any atom is 0.145 e. The van der Waals surface area contributed by atoms with E-state index in [1.165, 1.54) is 19.3 Å². The van der Waals surface area contributed by atoms with Crippen molar-refractivity contribution < 1.29 is 4.74 Å². The molecule has 1 aliphatic heterocycles.